The first-order valence-electron chi connectivity index (χ1n) is 10.3. The fraction of sp³-hybridized carbons (Fsp3) is 0.571. The fourth-order valence-corrected chi connectivity index (χ4v) is 4.58. The molecule has 4 amide bonds. The number of methoxy groups -OCH3 is 1. The van der Waals surface area contributed by atoms with Gasteiger partial charge in [0.2, 0.25) is 5.91 Å². The highest BCUT2D eigenvalue weighted by molar-refractivity contribution is 6.07. The van der Waals surface area contributed by atoms with Crippen molar-refractivity contribution in [3.63, 3.8) is 0 Å². The molecule has 8 nitrogen and oxygen atoms in total. The fourth-order valence-electron chi connectivity index (χ4n) is 4.58. The molecule has 4 rings (SSSR count). The van der Waals surface area contributed by atoms with E-state index < -0.39 is 5.54 Å². The number of nitrogens with zero attached hydrogens (tertiary/aromatic N) is 3. The maximum atomic E-state index is 12.7. The Hall–Kier alpha value is -2.77. The van der Waals surface area contributed by atoms with Crippen LogP contribution in [0.15, 0.2) is 24.3 Å². The van der Waals surface area contributed by atoms with Gasteiger partial charge < -0.3 is 19.9 Å². The number of rotatable bonds is 5. The first-order chi connectivity index (χ1) is 14.0. The van der Waals surface area contributed by atoms with Crippen LogP contribution in [0.1, 0.15) is 32.1 Å². The normalized spacial score (nSPS) is 21.1. The second kappa shape index (κ2) is 7.93. The molecule has 1 spiro atoms. The Bertz CT molecular complexity index is 798. The molecule has 2 aliphatic heterocycles. The molecule has 8 heteroatoms. The molecule has 1 aromatic carbocycles. The SMILES string of the molecule is COc1cccc(N2CCN(C(=O)CCN3C(=O)NC4(CCCC4)C3=O)CC2)c1. The van der Waals surface area contributed by atoms with Gasteiger partial charge in [0.1, 0.15) is 11.3 Å². The van der Waals surface area contributed by atoms with E-state index in [1.165, 1.54) is 4.90 Å². The summed E-state index contributed by atoms with van der Waals surface area (Å²) < 4.78 is 5.28. The number of hydrogen-bond acceptors (Lipinski definition) is 5. The summed E-state index contributed by atoms with van der Waals surface area (Å²) >= 11 is 0. The molecule has 1 N–H and O–H groups in total. The number of benzene rings is 1. The number of piperazine rings is 1. The van der Waals surface area contributed by atoms with Gasteiger partial charge in [0.15, 0.2) is 0 Å². The van der Waals surface area contributed by atoms with Crippen molar-refractivity contribution in [2.45, 2.75) is 37.6 Å². The number of ether oxygens (including phenoxy) is 1. The van der Waals surface area contributed by atoms with E-state index in [-0.39, 0.29) is 30.8 Å². The zero-order valence-electron chi connectivity index (χ0n) is 16.9. The lowest BCUT2D eigenvalue weighted by molar-refractivity contribution is -0.133. The number of hydrogen-bond donors (Lipinski definition) is 1. The van der Waals surface area contributed by atoms with Gasteiger partial charge in [-0.05, 0) is 25.0 Å². The number of carbonyl (C=O) groups excluding carboxylic acids is 3. The Balaban J connectivity index is 1.28. The standard InChI is InChI=1S/C21H28N4O4/c1-29-17-6-4-5-16(15-17)23-11-13-24(14-12-23)18(26)7-10-25-19(27)21(22-20(25)28)8-2-3-9-21/h4-6,15H,2-3,7-14H2,1H3,(H,22,28). The Kier molecular flexibility index (Phi) is 5.34. The number of anilines is 1. The molecule has 3 aliphatic rings. The molecule has 2 saturated heterocycles. The molecule has 156 valence electrons. The lowest BCUT2D eigenvalue weighted by Gasteiger charge is -2.36. The second-order valence-corrected chi connectivity index (χ2v) is 8.00. The third-order valence-electron chi connectivity index (χ3n) is 6.30. The van der Waals surface area contributed by atoms with Crippen molar-refractivity contribution < 1.29 is 19.1 Å². The van der Waals surface area contributed by atoms with Crippen molar-refractivity contribution in [1.29, 1.82) is 0 Å². The predicted octanol–water partition coefficient (Wildman–Crippen LogP) is 1.60. The van der Waals surface area contributed by atoms with E-state index in [1.807, 2.05) is 29.2 Å². The molecular weight excluding hydrogens is 372 g/mol. The van der Waals surface area contributed by atoms with E-state index in [9.17, 15) is 14.4 Å². The van der Waals surface area contributed by atoms with E-state index in [0.717, 1.165) is 37.4 Å². The van der Waals surface area contributed by atoms with E-state index in [0.29, 0.717) is 25.9 Å². The first kappa shape index (κ1) is 19.5. The number of amides is 4. The highest BCUT2D eigenvalue weighted by Crippen LogP contribution is 2.35. The van der Waals surface area contributed by atoms with Crippen LogP contribution in [0.4, 0.5) is 10.5 Å². The van der Waals surface area contributed by atoms with Crippen molar-refractivity contribution >= 4 is 23.5 Å². The zero-order chi connectivity index (χ0) is 20.4. The topological polar surface area (TPSA) is 82.2 Å². The van der Waals surface area contributed by atoms with Gasteiger partial charge in [-0.1, -0.05) is 18.9 Å². The van der Waals surface area contributed by atoms with Crippen molar-refractivity contribution in [3.8, 4) is 5.75 Å². The van der Waals surface area contributed by atoms with Crippen molar-refractivity contribution in [2.75, 3.05) is 44.7 Å². The van der Waals surface area contributed by atoms with Gasteiger partial charge in [-0.15, -0.1) is 0 Å². The van der Waals surface area contributed by atoms with Gasteiger partial charge in [-0.2, -0.15) is 0 Å². The summed E-state index contributed by atoms with van der Waals surface area (Å²) in [6, 6.07) is 7.55. The van der Waals surface area contributed by atoms with Gasteiger partial charge in [0, 0.05) is 50.9 Å². The summed E-state index contributed by atoms with van der Waals surface area (Å²) in [4.78, 5) is 42.8. The van der Waals surface area contributed by atoms with Crippen LogP contribution in [-0.2, 0) is 9.59 Å². The molecule has 0 bridgehead atoms. The molecule has 1 aromatic rings. The summed E-state index contributed by atoms with van der Waals surface area (Å²) in [5, 5.41) is 2.86. The molecule has 2 heterocycles. The predicted molar refractivity (Wildman–Crippen MR) is 108 cm³/mol. The van der Waals surface area contributed by atoms with E-state index in [2.05, 4.69) is 10.2 Å². The Morgan fingerprint density at radius 2 is 1.86 bits per heavy atom. The third-order valence-corrected chi connectivity index (χ3v) is 6.30. The Morgan fingerprint density at radius 3 is 2.55 bits per heavy atom. The van der Waals surface area contributed by atoms with E-state index >= 15 is 0 Å². The van der Waals surface area contributed by atoms with Crippen LogP contribution in [0.5, 0.6) is 5.75 Å². The summed E-state index contributed by atoms with van der Waals surface area (Å²) in [7, 11) is 1.65. The van der Waals surface area contributed by atoms with Crippen LogP contribution in [0.3, 0.4) is 0 Å². The molecule has 1 aliphatic carbocycles. The molecular formula is C21H28N4O4. The van der Waals surface area contributed by atoms with Crippen LogP contribution >= 0.6 is 0 Å². The van der Waals surface area contributed by atoms with Gasteiger partial charge in [-0.25, -0.2) is 4.79 Å². The highest BCUT2D eigenvalue weighted by Gasteiger charge is 2.52. The zero-order valence-corrected chi connectivity index (χ0v) is 16.9. The van der Waals surface area contributed by atoms with Crippen molar-refractivity contribution in [3.05, 3.63) is 24.3 Å². The molecule has 3 fully saturated rings. The maximum Gasteiger partial charge on any atom is 0.325 e. The van der Waals surface area contributed by atoms with Crippen LogP contribution in [-0.4, -0.2) is 73.0 Å². The van der Waals surface area contributed by atoms with Gasteiger partial charge >= 0.3 is 6.03 Å². The maximum absolute atomic E-state index is 12.7. The average molecular weight is 400 g/mol. The number of carbonyl (C=O) groups is 3. The molecule has 1 saturated carbocycles. The molecule has 29 heavy (non-hydrogen) atoms. The average Bonchev–Trinajstić information content (AvgIpc) is 3.31. The molecule has 0 radical (unpaired) electrons. The van der Waals surface area contributed by atoms with Gasteiger partial charge in [0.05, 0.1) is 7.11 Å². The highest BCUT2D eigenvalue weighted by atomic mass is 16.5. The minimum Gasteiger partial charge on any atom is -0.497 e. The largest absolute Gasteiger partial charge is 0.497 e. The lowest BCUT2D eigenvalue weighted by Crippen LogP contribution is -2.49. The van der Waals surface area contributed by atoms with Crippen molar-refractivity contribution in [2.24, 2.45) is 0 Å². The number of imide groups is 1. The second-order valence-electron chi connectivity index (χ2n) is 8.00. The van der Waals surface area contributed by atoms with Crippen LogP contribution in [0, 0.1) is 0 Å². The summed E-state index contributed by atoms with van der Waals surface area (Å²) in [6.07, 6.45) is 3.49. The third kappa shape index (κ3) is 3.75. The Morgan fingerprint density at radius 1 is 1.14 bits per heavy atom. The number of nitrogens with one attached hydrogen (secondary N) is 1. The monoisotopic (exact) mass is 400 g/mol. The van der Waals surface area contributed by atoms with Gasteiger partial charge in [-0.3, -0.25) is 14.5 Å². The van der Waals surface area contributed by atoms with Crippen LogP contribution in [0.25, 0.3) is 0 Å². The first-order valence-corrected chi connectivity index (χ1v) is 10.3. The van der Waals surface area contributed by atoms with E-state index in [1.54, 1.807) is 7.11 Å². The van der Waals surface area contributed by atoms with Crippen LogP contribution in [0.2, 0.25) is 0 Å². The smallest absolute Gasteiger partial charge is 0.325 e. The van der Waals surface area contributed by atoms with Crippen LogP contribution < -0.4 is 15.0 Å². The molecule has 0 aromatic heterocycles. The lowest BCUT2D eigenvalue weighted by atomic mass is 9.98. The van der Waals surface area contributed by atoms with Crippen molar-refractivity contribution in [1.82, 2.24) is 15.1 Å². The quantitative estimate of drug-likeness (QED) is 0.760. The number of urea groups is 1. The van der Waals surface area contributed by atoms with E-state index in [4.69, 9.17) is 4.74 Å². The summed E-state index contributed by atoms with van der Waals surface area (Å²) in [5.41, 5.74) is 0.375. The summed E-state index contributed by atoms with van der Waals surface area (Å²) in [5.74, 6) is 0.647. The molecule has 0 atom stereocenters. The molecule has 0 unspecified atom stereocenters. The minimum absolute atomic E-state index is 0.0109. The minimum atomic E-state index is -0.706. The van der Waals surface area contributed by atoms with Gasteiger partial charge in [0.25, 0.3) is 5.91 Å². The Labute approximate surface area is 170 Å². The summed E-state index contributed by atoms with van der Waals surface area (Å²) in [6.45, 7) is 2.89.